The first-order valence-corrected chi connectivity index (χ1v) is 4.92. The number of nitrogens with two attached hydrogens (primary N) is 1. The molecule has 0 saturated heterocycles. The summed E-state index contributed by atoms with van der Waals surface area (Å²) in [6, 6.07) is 3.41. The van der Waals surface area contributed by atoms with Gasteiger partial charge >= 0.3 is 0 Å². The molecule has 0 aliphatic carbocycles. The number of hydrogen-bond donors (Lipinski definition) is 1. The summed E-state index contributed by atoms with van der Waals surface area (Å²) in [6.45, 7) is 1.34. The Morgan fingerprint density at radius 2 is 2.23 bits per heavy atom. The molecule has 0 spiro atoms. The van der Waals surface area contributed by atoms with E-state index in [4.69, 9.17) is 17.3 Å². The number of rotatable bonds is 3. The third kappa shape index (κ3) is 2.90. The van der Waals surface area contributed by atoms with Gasteiger partial charge in [0.2, 0.25) is 0 Å². The Hall–Kier alpha value is -0.190. The maximum absolute atomic E-state index is 12.4. The molecule has 0 aromatic carbocycles. The topological polar surface area (TPSA) is 26.0 Å². The Morgan fingerprint density at radius 3 is 2.62 bits per heavy atom. The molecule has 5 heteroatoms. The second kappa shape index (κ2) is 3.90. The number of thiophene rings is 1. The molecule has 1 rings (SSSR count). The Labute approximate surface area is 84.5 Å². The molecule has 1 unspecified atom stereocenters. The number of halogens is 3. The van der Waals surface area contributed by atoms with Gasteiger partial charge in [0.1, 0.15) is 0 Å². The smallest absolute Gasteiger partial charge is 0.256 e. The molecule has 0 saturated carbocycles. The van der Waals surface area contributed by atoms with Crippen molar-refractivity contribution in [1.29, 1.82) is 0 Å². The van der Waals surface area contributed by atoms with E-state index < -0.39 is 12.0 Å². The van der Waals surface area contributed by atoms with Gasteiger partial charge in [-0.1, -0.05) is 11.6 Å². The zero-order valence-corrected chi connectivity index (χ0v) is 8.63. The van der Waals surface area contributed by atoms with Crippen LogP contribution in [-0.4, -0.2) is 12.0 Å². The van der Waals surface area contributed by atoms with E-state index in [0.717, 1.165) is 4.88 Å². The predicted molar refractivity (Wildman–Crippen MR) is 51.6 cm³/mol. The van der Waals surface area contributed by atoms with Crippen molar-refractivity contribution in [2.75, 3.05) is 0 Å². The van der Waals surface area contributed by atoms with Crippen LogP contribution < -0.4 is 5.73 Å². The Bertz CT molecular complexity index is 285. The molecule has 0 aliphatic heterocycles. The first kappa shape index (κ1) is 10.9. The second-order valence-corrected chi connectivity index (χ2v) is 4.99. The number of hydrogen-bond acceptors (Lipinski definition) is 2. The first-order chi connectivity index (χ1) is 5.92. The van der Waals surface area contributed by atoms with Crippen LogP contribution in [0.1, 0.15) is 11.8 Å². The normalized spacial score (nSPS) is 16.2. The number of alkyl halides is 2. The van der Waals surface area contributed by atoms with Crippen LogP contribution >= 0.6 is 22.9 Å². The van der Waals surface area contributed by atoms with E-state index in [2.05, 4.69) is 0 Å². The van der Waals surface area contributed by atoms with E-state index >= 15 is 0 Å². The summed E-state index contributed by atoms with van der Waals surface area (Å²) in [5.41, 5.74) is 3.95. The van der Waals surface area contributed by atoms with Crippen molar-refractivity contribution in [3.05, 3.63) is 21.3 Å². The molecule has 0 fully saturated rings. The van der Waals surface area contributed by atoms with Crippen LogP contribution in [-0.2, 0) is 6.42 Å². The third-order valence-electron chi connectivity index (χ3n) is 1.68. The van der Waals surface area contributed by atoms with E-state index in [1.165, 1.54) is 18.3 Å². The Kier molecular flexibility index (Phi) is 3.27. The van der Waals surface area contributed by atoms with Gasteiger partial charge in [-0.2, -0.15) is 0 Å². The summed E-state index contributed by atoms with van der Waals surface area (Å²) in [7, 11) is 0. The first-order valence-electron chi connectivity index (χ1n) is 3.73. The van der Waals surface area contributed by atoms with Crippen molar-refractivity contribution in [1.82, 2.24) is 0 Å². The molecule has 1 heterocycles. The van der Waals surface area contributed by atoms with Crippen molar-refractivity contribution < 1.29 is 8.78 Å². The summed E-state index contributed by atoms with van der Waals surface area (Å²) >= 11 is 6.94. The summed E-state index contributed by atoms with van der Waals surface area (Å²) < 4.78 is 25.3. The molecule has 0 amide bonds. The standard InChI is InChI=1S/C8H10ClF2NS/c1-8(12,7(10)11)4-5-2-3-6(9)13-5/h2-3,7H,4,12H2,1H3. The SMILES string of the molecule is CC(N)(Cc1ccc(Cl)s1)C(F)F. The third-order valence-corrected chi connectivity index (χ3v) is 2.91. The van der Waals surface area contributed by atoms with Gasteiger partial charge in [0.05, 0.1) is 9.88 Å². The molecule has 0 aliphatic rings. The van der Waals surface area contributed by atoms with Crippen molar-refractivity contribution >= 4 is 22.9 Å². The minimum atomic E-state index is -2.52. The van der Waals surface area contributed by atoms with E-state index in [1.807, 2.05) is 0 Å². The van der Waals surface area contributed by atoms with E-state index in [-0.39, 0.29) is 6.42 Å². The molecule has 0 radical (unpaired) electrons. The summed E-state index contributed by atoms with van der Waals surface area (Å²) in [5, 5.41) is 0. The van der Waals surface area contributed by atoms with Crippen LogP contribution in [0.15, 0.2) is 12.1 Å². The molecule has 13 heavy (non-hydrogen) atoms. The maximum atomic E-state index is 12.4. The lowest BCUT2D eigenvalue weighted by Crippen LogP contribution is -2.45. The summed E-state index contributed by atoms with van der Waals surface area (Å²) in [4.78, 5) is 0.787. The fraction of sp³-hybridized carbons (Fsp3) is 0.500. The van der Waals surface area contributed by atoms with Crippen molar-refractivity contribution in [2.45, 2.75) is 25.3 Å². The van der Waals surface area contributed by atoms with Crippen LogP contribution in [0.5, 0.6) is 0 Å². The minimum Gasteiger partial charge on any atom is -0.320 e. The molecular weight excluding hydrogens is 216 g/mol. The minimum absolute atomic E-state index is 0.155. The van der Waals surface area contributed by atoms with Crippen LogP contribution in [0.4, 0.5) is 8.78 Å². The Balaban J connectivity index is 2.68. The van der Waals surface area contributed by atoms with E-state index in [9.17, 15) is 8.78 Å². The quantitative estimate of drug-likeness (QED) is 0.841. The van der Waals surface area contributed by atoms with Crippen LogP contribution in [0, 0.1) is 0 Å². The van der Waals surface area contributed by atoms with E-state index in [1.54, 1.807) is 12.1 Å². The highest BCUT2D eigenvalue weighted by atomic mass is 35.5. The van der Waals surface area contributed by atoms with Gasteiger partial charge in [-0.25, -0.2) is 8.78 Å². The zero-order valence-electron chi connectivity index (χ0n) is 7.06. The lowest BCUT2D eigenvalue weighted by atomic mass is 9.99. The van der Waals surface area contributed by atoms with Crippen LogP contribution in [0.25, 0.3) is 0 Å². The lowest BCUT2D eigenvalue weighted by Gasteiger charge is -2.22. The fourth-order valence-corrected chi connectivity index (χ4v) is 2.17. The van der Waals surface area contributed by atoms with Crippen molar-refractivity contribution in [3.63, 3.8) is 0 Å². The van der Waals surface area contributed by atoms with Crippen molar-refractivity contribution in [2.24, 2.45) is 5.73 Å². The summed E-state index contributed by atoms with van der Waals surface area (Å²) in [6.07, 6.45) is -2.37. The molecule has 2 N–H and O–H groups in total. The van der Waals surface area contributed by atoms with Crippen LogP contribution in [0.3, 0.4) is 0 Å². The maximum Gasteiger partial charge on any atom is 0.256 e. The van der Waals surface area contributed by atoms with Gasteiger partial charge < -0.3 is 5.73 Å². The van der Waals surface area contributed by atoms with Crippen LogP contribution in [0.2, 0.25) is 4.34 Å². The average molecular weight is 226 g/mol. The Morgan fingerprint density at radius 1 is 1.62 bits per heavy atom. The fourth-order valence-electron chi connectivity index (χ4n) is 0.899. The molecule has 1 aromatic heterocycles. The molecular formula is C8H10ClF2NS. The second-order valence-electron chi connectivity index (χ2n) is 3.19. The molecule has 1 aromatic rings. The van der Waals surface area contributed by atoms with Gasteiger partial charge in [0.25, 0.3) is 6.43 Å². The highest BCUT2D eigenvalue weighted by Crippen LogP contribution is 2.26. The molecule has 1 nitrogen and oxygen atoms in total. The van der Waals surface area contributed by atoms with Gasteiger partial charge in [-0.15, -0.1) is 11.3 Å². The highest BCUT2D eigenvalue weighted by molar-refractivity contribution is 7.16. The van der Waals surface area contributed by atoms with Crippen molar-refractivity contribution in [3.8, 4) is 0 Å². The molecule has 1 atom stereocenters. The molecule has 74 valence electrons. The average Bonchev–Trinajstić information content (AvgIpc) is 2.34. The zero-order chi connectivity index (χ0) is 10.1. The lowest BCUT2D eigenvalue weighted by molar-refractivity contribution is 0.0644. The monoisotopic (exact) mass is 225 g/mol. The predicted octanol–water partition coefficient (Wildman–Crippen LogP) is 2.93. The molecule has 0 bridgehead atoms. The largest absolute Gasteiger partial charge is 0.320 e. The van der Waals surface area contributed by atoms with E-state index in [0.29, 0.717) is 4.34 Å². The van der Waals surface area contributed by atoms with Gasteiger partial charge in [-0.05, 0) is 19.1 Å². The summed E-state index contributed by atoms with van der Waals surface area (Å²) in [5.74, 6) is 0. The van der Waals surface area contributed by atoms with Gasteiger partial charge in [0, 0.05) is 11.3 Å². The highest BCUT2D eigenvalue weighted by Gasteiger charge is 2.30. The van der Waals surface area contributed by atoms with Gasteiger partial charge in [0.15, 0.2) is 0 Å². The van der Waals surface area contributed by atoms with Gasteiger partial charge in [-0.3, -0.25) is 0 Å².